The van der Waals surface area contributed by atoms with E-state index < -0.39 is 0 Å². The Balaban J connectivity index is 1.80. The van der Waals surface area contributed by atoms with Crippen molar-refractivity contribution in [3.63, 3.8) is 0 Å². The van der Waals surface area contributed by atoms with Gasteiger partial charge in [0.1, 0.15) is 0 Å². The number of hydrogen-bond donors (Lipinski definition) is 1. The van der Waals surface area contributed by atoms with E-state index in [4.69, 9.17) is 4.74 Å². The lowest BCUT2D eigenvalue weighted by Gasteiger charge is -2.39. The first kappa shape index (κ1) is 13.7. The van der Waals surface area contributed by atoms with E-state index in [1.54, 1.807) is 0 Å². The van der Waals surface area contributed by atoms with Crippen molar-refractivity contribution in [3.8, 4) is 0 Å². The summed E-state index contributed by atoms with van der Waals surface area (Å²) in [7, 11) is 0. The molecule has 2 aliphatic carbocycles. The lowest BCUT2D eigenvalue weighted by Crippen LogP contribution is -2.37. The molecular weight excluding hydrogens is 228 g/mol. The van der Waals surface area contributed by atoms with Gasteiger partial charge in [0.15, 0.2) is 0 Å². The van der Waals surface area contributed by atoms with E-state index in [1.807, 2.05) is 0 Å². The maximum absolute atomic E-state index is 6.20. The number of fused-ring (bicyclic) bond motifs is 2. The van der Waals surface area contributed by atoms with E-state index >= 15 is 0 Å². The van der Waals surface area contributed by atoms with Crippen LogP contribution in [-0.4, -0.2) is 18.5 Å². The highest BCUT2D eigenvalue weighted by Crippen LogP contribution is 2.66. The number of ether oxygens (including phenoxy) is 1. The summed E-state index contributed by atoms with van der Waals surface area (Å²) in [4.78, 5) is 0. The summed E-state index contributed by atoms with van der Waals surface area (Å²) in [6, 6.07) is 0. The SMILES string of the molecule is CC1(C)C2CCC1(C)C(OCCCCCS)C2. The molecule has 0 saturated heterocycles. The van der Waals surface area contributed by atoms with Crippen molar-refractivity contribution >= 4 is 12.6 Å². The average Bonchev–Trinajstić information content (AvgIpc) is 2.61. The quantitative estimate of drug-likeness (QED) is 0.550. The largest absolute Gasteiger partial charge is 0.378 e. The Kier molecular flexibility index (Phi) is 4.14. The van der Waals surface area contributed by atoms with Crippen molar-refractivity contribution in [2.24, 2.45) is 16.7 Å². The van der Waals surface area contributed by atoms with Gasteiger partial charge >= 0.3 is 0 Å². The Morgan fingerprint density at radius 1 is 1.18 bits per heavy atom. The van der Waals surface area contributed by atoms with Crippen molar-refractivity contribution in [1.29, 1.82) is 0 Å². The summed E-state index contributed by atoms with van der Waals surface area (Å²) < 4.78 is 6.20. The standard InChI is InChI=1S/C15H28OS/c1-14(2)12-7-8-15(14,3)13(11-12)16-9-5-4-6-10-17/h12-13,17H,4-11H2,1-3H3. The summed E-state index contributed by atoms with van der Waals surface area (Å²) in [6.45, 7) is 8.32. The van der Waals surface area contributed by atoms with Gasteiger partial charge in [-0.3, -0.25) is 0 Å². The van der Waals surface area contributed by atoms with Crippen LogP contribution < -0.4 is 0 Å². The van der Waals surface area contributed by atoms with Gasteiger partial charge in [-0.2, -0.15) is 12.6 Å². The first-order valence-corrected chi connectivity index (χ1v) is 7.88. The van der Waals surface area contributed by atoms with Gasteiger partial charge in [-0.15, -0.1) is 0 Å². The summed E-state index contributed by atoms with van der Waals surface area (Å²) in [5.74, 6) is 1.91. The molecule has 2 aliphatic rings. The van der Waals surface area contributed by atoms with Gasteiger partial charge in [-0.1, -0.05) is 27.2 Å². The van der Waals surface area contributed by atoms with Gasteiger partial charge in [-0.05, 0) is 54.6 Å². The molecule has 0 radical (unpaired) electrons. The Bertz CT molecular complexity index is 264. The molecule has 2 fully saturated rings. The molecule has 17 heavy (non-hydrogen) atoms. The lowest BCUT2D eigenvalue weighted by atomic mass is 9.70. The summed E-state index contributed by atoms with van der Waals surface area (Å²) in [5.41, 5.74) is 0.921. The fourth-order valence-corrected chi connectivity index (χ4v) is 4.22. The maximum Gasteiger partial charge on any atom is 0.0636 e. The normalized spacial score (nSPS) is 38.8. The molecular formula is C15H28OS. The van der Waals surface area contributed by atoms with Gasteiger partial charge in [-0.25, -0.2) is 0 Å². The first-order chi connectivity index (χ1) is 8.02. The zero-order chi connectivity index (χ0) is 12.5. The number of unbranched alkanes of at least 4 members (excludes halogenated alkanes) is 2. The van der Waals surface area contributed by atoms with E-state index in [0.717, 1.165) is 18.3 Å². The molecule has 0 N–H and O–H groups in total. The van der Waals surface area contributed by atoms with Crippen molar-refractivity contribution in [2.45, 2.75) is 65.4 Å². The predicted molar refractivity (Wildman–Crippen MR) is 76.7 cm³/mol. The van der Waals surface area contributed by atoms with E-state index in [-0.39, 0.29) is 0 Å². The molecule has 0 spiro atoms. The van der Waals surface area contributed by atoms with Crippen LogP contribution in [-0.2, 0) is 4.74 Å². The van der Waals surface area contributed by atoms with Crippen LogP contribution in [0.25, 0.3) is 0 Å². The van der Waals surface area contributed by atoms with Crippen LogP contribution >= 0.6 is 12.6 Å². The fourth-order valence-electron chi connectivity index (χ4n) is 4.00. The van der Waals surface area contributed by atoms with Gasteiger partial charge in [0, 0.05) is 6.61 Å². The molecule has 2 bridgehead atoms. The van der Waals surface area contributed by atoms with E-state index in [0.29, 0.717) is 16.9 Å². The smallest absolute Gasteiger partial charge is 0.0636 e. The number of hydrogen-bond acceptors (Lipinski definition) is 2. The highest BCUT2D eigenvalue weighted by molar-refractivity contribution is 7.80. The molecule has 3 unspecified atom stereocenters. The molecule has 0 aromatic rings. The van der Waals surface area contributed by atoms with Crippen molar-refractivity contribution in [1.82, 2.24) is 0 Å². The molecule has 0 amide bonds. The van der Waals surface area contributed by atoms with E-state index in [2.05, 4.69) is 33.4 Å². The second kappa shape index (κ2) is 5.13. The van der Waals surface area contributed by atoms with Crippen molar-refractivity contribution in [3.05, 3.63) is 0 Å². The Morgan fingerprint density at radius 2 is 1.94 bits per heavy atom. The highest BCUT2D eigenvalue weighted by atomic mass is 32.1. The monoisotopic (exact) mass is 256 g/mol. The maximum atomic E-state index is 6.20. The molecule has 2 saturated carbocycles. The number of thiol groups is 1. The van der Waals surface area contributed by atoms with Gasteiger partial charge in [0.05, 0.1) is 6.10 Å². The van der Waals surface area contributed by atoms with Gasteiger partial charge in [0.25, 0.3) is 0 Å². The summed E-state index contributed by atoms with van der Waals surface area (Å²) in [6.07, 6.45) is 8.30. The summed E-state index contributed by atoms with van der Waals surface area (Å²) in [5, 5.41) is 0. The van der Waals surface area contributed by atoms with Crippen molar-refractivity contribution < 1.29 is 4.74 Å². The first-order valence-electron chi connectivity index (χ1n) is 7.25. The van der Waals surface area contributed by atoms with Crippen LogP contribution in [0.3, 0.4) is 0 Å². The Hall–Kier alpha value is 0.310. The molecule has 1 nitrogen and oxygen atoms in total. The minimum absolute atomic E-state index is 0.432. The lowest BCUT2D eigenvalue weighted by molar-refractivity contribution is -0.0474. The zero-order valence-corrected chi connectivity index (χ0v) is 12.6. The molecule has 0 aliphatic heterocycles. The van der Waals surface area contributed by atoms with E-state index in [1.165, 1.54) is 38.5 Å². The topological polar surface area (TPSA) is 9.23 Å². The average molecular weight is 256 g/mol. The molecule has 3 atom stereocenters. The number of rotatable bonds is 6. The van der Waals surface area contributed by atoms with Crippen molar-refractivity contribution in [2.75, 3.05) is 12.4 Å². The third-order valence-electron chi connectivity index (χ3n) is 5.84. The minimum atomic E-state index is 0.432. The van der Waals surface area contributed by atoms with Gasteiger partial charge < -0.3 is 4.74 Å². The van der Waals surface area contributed by atoms with Gasteiger partial charge in [0.2, 0.25) is 0 Å². The highest BCUT2D eigenvalue weighted by Gasteiger charge is 2.61. The summed E-state index contributed by atoms with van der Waals surface area (Å²) >= 11 is 4.24. The molecule has 100 valence electrons. The Morgan fingerprint density at radius 3 is 2.47 bits per heavy atom. The molecule has 2 rings (SSSR count). The van der Waals surface area contributed by atoms with E-state index in [9.17, 15) is 0 Å². The van der Waals surface area contributed by atoms with Crippen LogP contribution in [0.15, 0.2) is 0 Å². The van der Waals surface area contributed by atoms with Crippen LogP contribution in [0, 0.1) is 16.7 Å². The second-order valence-corrected chi connectivity index (χ2v) is 7.20. The van der Waals surface area contributed by atoms with Crippen LogP contribution in [0.5, 0.6) is 0 Å². The van der Waals surface area contributed by atoms with Crippen LogP contribution in [0.2, 0.25) is 0 Å². The third kappa shape index (κ3) is 2.28. The minimum Gasteiger partial charge on any atom is -0.378 e. The Labute approximate surface area is 112 Å². The second-order valence-electron chi connectivity index (χ2n) is 6.75. The predicted octanol–water partition coefficient (Wildman–Crippen LogP) is 4.32. The molecule has 0 aromatic heterocycles. The third-order valence-corrected chi connectivity index (χ3v) is 6.15. The molecule has 0 aromatic carbocycles. The van der Waals surface area contributed by atoms with Crippen LogP contribution in [0.1, 0.15) is 59.3 Å². The zero-order valence-electron chi connectivity index (χ0n) is 11.7. The molecule has 0 heterocycles. The van der Waals surface area contributed by atoms with Crippen LogP contribution in [0.4, 0.5) is 0 Å². The fraction of sp³-hybridized carbons (Fsp3) is 1.00. The molecule has 2 heteroatoms.